The van der Waals surface area contributed by atoms with E-state index in [0.717, 1.165) is 25.7 Å². The molecule has 3 rings (SSSR count). The second kappa shape index (κ2) is 6.87. The third kappa shape index (κ3) is 3.44. The van der Waals surface area contributed by atoms with Crippen LogP contribution in [0.15, 0.2) is 24.5 Å². The van der Waals surface area contributed by atoms with Crippen LogP contribution in [0.1, 0.15) is 36.0 Å². The van der Waals surface area contributed by atoms with E-state index in [4.69, 9.17) is 4.74 Å². The van der Waals surface area contributed by atoms with Gasteiger partial charge in [-0.1, -0.05) is 0 Å². The molecule has 0 radical (unpaired) electrons. The maximum absolute atomic E-state index is 12.3. The van der Waals surface area contributed by atoms with E-state index in [1.54, 1.807) is 24.5 Å². The molecule has 1 atom stereocenters. The Kier molecular flexibility index (Phi) is 4.68. The highest BCUT2D eigenvalue weighted by molar-refractivity contribution is 5.94. The summed E-state index contributed by atoms with van der Waals surface area (Å²) in [7, 11) is 0. The number of carbonyl (C=O) groups is 2. The lowest BCUT2D eigenvalue weighted by molar-refractivity contribution is -0.142. The van der Waals surface area contributed by atoms with Gasteiger partial charge < -0.3 is 15.0 Å². The molecule has 6 heteroatoms. The van der Waals surface area contributed by atoms with Gasteiger partial charge in [-0.15, -0.1) is 0 Å². The van der Waals surface area contributed by atoms with Gasteiger partial charge in [-0.25, -0.2) is 0 Å². The van der Waals surface area contributed by atoms with Crippen LogP contribution in [0.2, 0.25) is 0 Å². The average Bonchev–Trinajstić information content (AvgIpc) is 3.10. The number of amides is 2. The first-order valence-electron chi connectivity index (χ1n) is 7.85. The van der Waals surface area contributed by atoms with Crippen molar-refractivity contribution in [1.82, 2.24) is 15.2 Å². The van der Waals surface area contributed by atoms with Gasteiger partial charge in [0.15, 0.2) is 0 Å². The van der Waals surface area contributed by atoms with Crippen molar-refractivity contribution in [2.45, 2.75) is 37.8 Å². The minimum atomic E-state index is -0.249. The van der Waals surface area contributed by atoms with Crippen molar-refractivity contribution in [2.75, 3.05) is 19.7 Å². The summed E-state index contributed by atoms with van der Waals surface area (Å²) in [6, 6.07) is 3.61. The summed E-state index contributed by atoms with van der Waals surface area (Å²) in [5, 5.41) is 3.02. The zero-order valence-corrected chi connectivity index (χ0v) is 12.5. The summed E-state index contributed by atoms with van der Waals surface area (Å²) in [5.74, 6) is 0.00605. The van der Waals surface area contributed by atoms with Gasteiger partial charge >= 0.3 is 0 Å². The number of pyridine rings is 1. The summed E-state index contributed by atoms with van der Waals surface area (Å²) >= 11 is 0. The summed E-state index contributed by atoms with van der Waals surface area (Å²) in [6.45, 7) is 2.04. The number of hydrogen-bond donors (Lipinski definition) is 1. The molecule has 6 nitrogen and oxygen atoms in total. The Bertz CT molecular complexity index is 521. The van der Waals surface area contributed by atoms with Crippen LogP contribution in [0.3, 0.4) is 0 Å². The first-order chi connectivity index (χ1) is 10.7. The van der Waals surface area contributed by atoms with Gasteiger partial charge in [-0.2, -0.15) is 0 Å². The van der Waals surface area contributed by atoms with Crippen LogP contribution in [0.4, 0.5) is 0 Å². The average molecular weight is 303 g/mol. The molecule has 2 aliphatic heterocycles. The number of likely N-dealkylation sites (tertiary alicyclic amines) is 1. The van der Waals surface area contributed by atoms with Crippen molar-refractivity contribution in [3.8, 4) is 0 Å². The van der Waals surface area contributed by atoms with Crippen LogP contribution in [0.25, 0.3) is 0 Å². The van der Waals surface area contributed by atoms with Crippen LogP contribution in [0, 0.1) is 0 Å². The van der Waals surface area contributed by atoms with Crippen molar-refractivity contribution in [2.24, 2.45) is 0 Å². The minimum absolute atomic E-state index is 0.1000. The number of rotatable bonds is 3. The molecular formula is C16H21N3O3. The molecule has 1 unspecified atom stereocenters. The topological polar surface area (TPSA) is 71.5 Å². The van der Waals surface area contributed by atoms with E-state index in [1.807, 2.05) is 4.90 Å². The molecule has 2 amide bonds. The van der Waals surface area contributed by atoms with Crippen molar-refractivity contribution in [3.63, 3.8) is 0 Å². The van der Waals surface area contributed by atoms with Gasteiger partial charge in [0.1, 0.15) is 6.10 Å². The Morgan fingerprint density at radius 2 is 2.09 bits per heavy atom. The zero-order valence-electron chi connectivity index (χ0n) is 12.5. The van der Waals surface area contributed by atoms with Crippen molar-refractivity contribution in [1.29, 1.82) is 0 Å². The number of aromatic nitrogens is 1. The van der Waals surface area contributed by atoms with E-state index in [2.05, 4.69) is 10.3 Å². The van der Waals surface area contributed by atoms with E-state index in [-0.39, 0.29) is 24.0 Å². The fourth-order valence-corrected chi connectivity index (χ4v) is 2.99. The van der Waals surface area contributed by atoms with Crippen molar-refractivity contribution in [3.05, 3.63) is 30.1 Å². The molecule has 2 fully saturated rings. The van der Waals surface area contributed by atoms with Crippen molar-refractivity contribution < 1.29 is 14.3 Å². The highest BCUT2D eigenvalue weighted by atomic mass is 16.5. The lowest BCUT2D eigenvalue weighted by atomic mass is 10.0. The predicted octanol–water partition coefficient (Wildman–Crippen LogP) is 0.981. The molecule has 0 bridgehead atoms. The third-order valence-electron chi connectivity index (χ3n) is 4.27. The molecule has 118 valence electrons. The molecule has 1 N–H and O–H groups in total. The lowest BCUT2D eigenvalue weighted by Gasteiger charge is -2.33. The van der Waals surface area contributed by atoms with Gasteiger partial charge in [0, 0.05) is 38.1 Å². The fraction of sp³-hybridized carbons (Fsp3) is 0.562. The van der Waals surface area contributed by atoms with Gasteiger partial charge in [0.2, 0.25) is 0 Å². The predicted molar refractivity (Wildman–Crippen MR) is 80.3 cm³/mol. The van der Waals surface area contributed by atoms with Gasteiger partial charge in [-0.3, -0.25) is 14.6 Å². The number of ether oxygens (including phenoxy) is 1. The first kappa shape index (κ1) is 15.0. The number of hydrogen-bond acceptors (Lipinski definition) is 4. The molecule has 3 heterocycles. The van der Waals surface area contributed by atoms with Gasteiger partial charge in [-0.05, 0) is 37.8 Å². The van der Waals surface area contributed by atoms with E-state index in [0.29, 0.717) is 25.3 Å². The van der Waals surface area contributed by atoms with Crippen LogP contribution in [-0.4, -0.2) is 53.5 Å². The van der Waals surface area contributed by atoms with E-state index < -0.39 is 0 Å². The molecule has 0 spiro atoms. The maximum Gasteiger partial charge on any atom is 0.253 e. The Labute approximate surface area is 129 Å². The summed E-state index contributed by atoms with van der Waals surface area (Å²) in [6.07, 6.45) is 6.32. The third-order valence-corrected chi connectivity index (χ3v) is 4.27. The van der Waals surface area contributed by atoms with E-state index in [1.165, 1.54) is 0 Å². The maximum atomic E-state index is 12.3. The molecular weight excluding hydrogens is 282 g/mol. The molecule has 1 aromatic rings. The second-order valence-electron chi connectivity index (χ2n) is 5.82. The molecule has 0 aliphatic carbocycles. The fourth-order valence-electron chi connectivity index (χ4n) is 2.99. The Morgan fingerprint density at radius 1 is 1.27 bits per heavy atom. The molecule has 2 aliphatic rings. The number of piperidine rings is 1. The molecule has 0 saturated carbocycles. The second-order valence-corrected chi connectivity index (χ2v) is 5.82. The van der Waals surface area contributed by atoms with E-state index in [9.17, 15) is 9.59 Å². The highest BCUT2D eigenvalue weighted by Crippen LogP contribution is 2.18. The van der Waals surface area contributed by atoms with Gasteiger partial charge in [0.05, 0.1) is 5.56 Å². The standard InChI is InChI=1S/C16H21N3O3/c20-15(12-3-1-7-17-11-12)18-13-5-8-19(9-6-13)16(21)14-4-2-10-22-14/h1,3,7,11,13-14H,2,4-6,8-10H2,(H,18,20). The Morgan fingerprint density at radius 3 is 2.73 bits per heavy atom. The monoisotopic (exact) mass is 303 g/mol. The number of nitrogens with one attached hydrogen (secondary N) is 1. The van der Waals surface area contributed by atoms with Crippen molar-refractivity contribution >= 4 is 11.8 Å². The normalized spacial score (nSPS) is 22.5. The summed E-state index contributed by atoms with van der Waals surface area (Å²) < 4.78 is 5.45. The van der Waals surface area contributed by atoms with Crippen LogP contribution in [-0.2, 0) is 9.53 Å². The SMILES string of the molecule is O=C(NC1CCN(C(=O)C2CCCO2)CC1)c1cccnc1. The molecule has 0 aromatic carbocycles. The zero-order chi connectivity index (χ0) is 15.4. The molecule has 1 aromatic heterocycles. The van der Waals surface area contributed by atoms with Crippen LogP contribution >= 0.6 is 0 Å². The number of nitrogens with zero attached hydrogens (tertiary/aromatic N) is 2. The first-order valence-corrected chi connectivity index (χ1v) is 7.85. The van der Waals surface area contributed by atoms with Gasteiger partial charge in [0.25, 0.3) is 11.8 Å². The van der Waals surface area contributed by atoms with Crippen LogP contribution < -0.4 is 5.32 Å². The van der Waals surface area contributed by atoms with Crippen LogP contribution in [0.5, 0.6) is 0 Å². The lowest BCUT2D eigenvalue weighted by Crippen LogP contribution is -2.49. The smallest absolute Gasteiger partial charge is 0.253 e. The minimum Gasteiger partial charge on any atom is -0.368 e. The molecule has 22 heavy (non-hydrogen) atoms. The van der Waals surface area contributed by atoms with E-state index >= 15 is 0 Å². The number of carbonyl (C=O) groups excluding carboxylic acids is 2. The largest absolute Gasteiger partial charge is 0.368 e. The summed E-state index contributed by atoms with van der Waals surface area (Å²) in [5.41, 5.74) is 0.570. The summed E-state index contributed by atoms with van der Waals surface area (Å²) in [4.78, 5) is 30.2. The highest BCUT2D eigenvalue weighted by Gasteiger charge is 2.31. The molecule has 2 saturated heterocycles. The Hall–Kier alpha value is -1.95. The quantitative estimate of drug-likeness (QED) is 0.903. The Balaban J connectivity index is 1.47.